The van der Waals surface area contributed by atoms with Crippen molar-refractivity contribution in [3.8, 4) is 0 Å². The Morgan fingerprint density at radius 2 is 2.00 bits per heavy atom. The van der Waals surface area contributed by atoms with Gasteiger partial charge in [0, 0.05) is 17.1 Å². The summed E-state index contributed by atoms with van der Waals surface area (Å²) in [4.78, 5) is 10.6. The fourth-order valence-electron chi connectivity index (χ4n) is 2.03. The van der Waals surface area contributed by atoms with Gasteiger partial charge in [-0.2, -0.15) is 0 Å². The van der Waals surface area contributed by atoms with Gasteiger partial charge in [-0.1, -0.05) is 55.8 Å². The predicted octanol–water partition coefficient (Wildman–Crippen LogP) is 4.84. The summed E-state index contributed by atoms with van der Waals surface area (Å²) < 4.78 is 0. The van der Waals surface area contributed by atoms with Crippen molar-refractivity contribution in [3.63, 3.8) is 0 Å². The largest absolute Gasteiger partial charge is 0.335 e. The van der Waals surface area contributed by atoms with Gasteiger partial charge in [-0.05, 0) is 35.6 Å². The molecule has 1 amide bonds. The molecule has 0 aliphatic rings. The number of rotatable bonds is 8. The van der Waals surface area contributed by atoms with Gasteiger partial charge in [0.1, 0.15) is 0 Å². The molecule has 1 N–H and O–H groups in total. The van der Waals surface area contributed by atoms with E-state index >= 15 is 0 Å². The van der Waals surface area contributed by atoms with E-state index < -0.39 is 0 Å². The van der Waals surface area contributed by atoms with Crippen molar-refractivity contribution in [3.05, 3.63) is 71.4 Å². The summed E-state index contributed by atoms with van der Waals surface area (Å²) in [7, 11) is 0. The molecular weight excluding hydrogens is 282 g/mol. The molecule has 1 rings (SSSR count). The summed E-state index contributed by atoms with van der Waals surface area (Å²) in [6.07, 6.45) is 9.27. The second-order valence-electron chi connectivity index (χ2n) is 5.16. The van der Waals surface area contributed by atoms with Crippen LogP contribution in [0.15, 0.2) is 60.8 Å². The van der Waals surface area contributed by atoms with Crippen LogP contribution < -0.4 is 5.32 Å². The van der Waals surface area contributed by atoms with Gasteiger partial charge < -0.3 is 5.32 Å². The fraction of sp³-hybridized carbons (Fsp3) is 0.278. The average molecular weight is 304 g/mol. The minimum atomic E-state index is 0.141. The van der Waals surface area contributed by atoms with Gasteiger partial charge in [0.15, 0.2) is 0 Å². The SMILES string of the molecule is C=CCC(C(/C=C\C(C)C)=C/NC=O)c1ccc(Cl)cc1. The summed E-state index contributed by atoms with van der Waals surface area (Å²) in [6, 6.07) is 7.77. The predicted molar refractivity (Wildman–Crippen MR) is 90.3 cm³/mol. The molecule has 0 bridgehead atoms. The maximum absolute atomic E-state index is 10.6. The van der Waals surface area contributed by atoms with Crippen LogP contribution in [-0.4, -0.2) is 6.41 Å². The lowest BCUT2D eigenvalue weighted by Crippen LogP contribution is -2.07. The Kier molecular flexibility index (Phi) is 7.55. The molecule has 0 aromatic heterocycles. The van der Waals surface area contributed by atoms with Crippen LogP contribution in [0.1, 0.15) is 31.7 Å². The number of carbonyl (C=O) groups excluding carboxylic acids is 1. The van der Waals surface area contributed by atoms with Crippen molar-refractivity contribution in [2.75, 3.05) is 0 Å². The first-order valence-corrected chi connectivity index (χ1v) is 7.40. The molecule has 1 aromatic rings. The second-order valence-corrected chi connectivity index (χ2v) is 5.60. The monoisotopic (exact) mass is 303 g/mol. The van der Waals surface area contributed by atoms with Crippen molar-refractivity contribution in [2.24, 2.45) is 5.92 Å². The average Bonchev–Trinajstić information content (AvgIpc) is 2.46. The Balaban J connectivity index is 3.14. The first-order valence-electron chi connectivity index (χ1n) is 7.02. The van der Waals surface area contributed by atoms with E-state index in [0.717, 1.165) is 17.6 Å². The highest BCUT2D eigenvalue weighted by atomic mass is 35.5. The van der Waals surface area contributed by atoms with Crippen LogP contribution in [0.2, 0.25) is 5.02 Å². The highest BCUT2D eigenvalue weighted by Crippen LogP contribution is 2.30. The van der Waals surface area contributed by atoms with Crippen LogP contribution in [0.3, 0.4) is 0 Å². The maximum Gasteiger partial charge on any atom is 0.211 e. The fourth-order valence-corrected chi connectivity index (χ4v) is 2.15. The van der Waals surface area contributed by atoms with Crippen LogP contribution >= 0.6 is 11.6 Å². The molecule has 2 nitrogen and oxygen atoms in total. The Morgan fingerprint density at radius 3 is 2.52 bits per heavy atom. The summed E-state index contributed by atoms with van der Waals surface area (Å²) in [5.41, 5.74) is 2.18. The number of hydrogen-bond acceptors (Lipinski definition) is 1. The quantitative estimate of drug-likeness (QED) is 0.415. The number of nitrogens with one attached hydrogen (secondary N) is 1. The van der Waals surface area contributed by atoms with Gasteiger partial charge in [-0.25, -0.2) is 0 Å². The molecule has 0 spiro atoms. The van der Waals surface area contributed by atoms with E-state index in [9.17, 15) is 4.79 Å². The van der Waals surface area contributed by atoms with E-state index in [1.54, 1.807) is 6.20 Å². The molecule has 0 radical (unpaired) electrons. The molecule has 0 aliphatic carbocycles. The molecule has 1 atom stereocenters. The molecule has 21 heavy (non-hydrogen) atoms. The molecule has 0 aliphatic heterocycles. The zero-order chi connectivity index (χ0) is 15.7. The molecule has 3 heteroatoms. The van der Waals surface area contributed by atoms with Crippen LogP contribution in [0.25, 0.3) is 0 Å². The van der Waals surface area contributed by atoms with E-state index in [2.05, 4.69) is 37.9 Å². The van der Waals surface area contributed by atoms with Gasteiger partial charge in [-0.3, -0.25) is 4.79 Å². The highest BCUT2D eigenvalue weighted by Gasteiger charge is 2.13. The van der Waals surface area contributed by atoms with Crippen molar-refractivity contribution < 1.29 is 4.79 Å². The van der Waals surface area contributed by atoms with Crippen molar-refractivity contribution >= 4 is 18.0 Å². The third-order valence-corrected chi connectivity index (χ3v) is 3.32. The lowest BCUT2D eigenvalue weighted by atomic mass is 9.88. The molecule has 0 fully saturated rings. The zero-order valence-electron chi connectivity index (χ0n) is 12.6. The van der Waals surface area contributed by atoms with Gasteiger partial charge >= 0.3 is 0 Å². The van der Waals surface area contributed by atoms with E-state index in [-0.39, 0.29) is 5.92 Å². The molecular formula is C18H22ClNO. The Bertz CT molecular complexity index is 515. The van der Waals surface area contributed by atoms with E-state index in [1.165, 1.54) is 0 Å². The van der Waals surface area contributed by atoms with Crippen LogP contribution in [-0.2, 0) is 4.79 Å². The normalized spacial score (nSPS) is 13.4. The Hall–Kier alpha value is -1.80. The van der Waals surface area contributed by atoms with Gasteiger partial charge in [0.05, 0.1) is 0 Å². The van der Waals surface area contributed by atoms with Crippen molar-refractivity contribution in [1.82, 2.24) is 5.32 Å². The number of halogens is 1. The summed E-state index contributed by atoms with van der Waals surface area (Å²) >= 11 is 5.95. The number of carbonyl (C=O) groups is 1. The Morgan fingerprint density at radius 1 is 1.33 bits per heavy atom. The number of benzene rings is 1. The summed E-state index contributed by atoms with van der Waals surface area (Å²) in [6.45, 7) is 8.07. The first kappa shape index (κ1) is 17.3. The molecule has 1 unspecified atom stereocenters. The second kappa shape index (κ2) is 9.19. The topological polar surface area (TPSA) is 29.1 Å². The van der Waals surface area contributed by atoms with E-state index in [4.69, 9.17) is 11.6 Å². The summed E-state index contributed by atoms with van der Waals surface area (Å²) in [5, 5.41) is 3.35. The summed E-state index contributed by atoms with van der Waals surface area (Å²) in [5.74, 6) is 0.585. The number of hydrogen-bond donors (Lipinski definition) is 1. The molecule has 1 aromatic carbocycles. The maximum atomic E-state index is 10.6. The standard InChI is InChI=1S/C18H22ClNO/c1-4-5-18(15-8-10-17(19)11-9-15)16(12-20-13-21)7-6-14(2)3/h4,6-14,18H,1,5H2,2-3H3,(H,20,21)/b7-6-,16-12+. The van der Waals surface area contributed by atoms with E-state index in [1.807, 2.05) is 30.3 Å². The lowest BCUT2D eigenvalue weighted by molar-refractivity contribution is -0.108. The van der Waals surface area contributed by atoms with E-state index in [0.29, 0.717) is 17.4 Å². The number of amides is 1. The molecule has 0 heterocycles. The van der Waals surface area contributed by atoms with Crippen LogP contribution in [0, 0.1) is 5.92 Å². The third-order valence-electron chi connectivity index (χ3n) is 3.07. The van der Waals surface area contributed by atoms with Gasteiger partial charge in [0.2, 0.25) is 6.41 Å². The van der Waals surface area contributed by atoms with Crippen molar-refractivity contribution in [2.45, 2.75) is 26.2 Å². The zero-order valence-corrected chi connectivity index (χ0v) is 13.3. The lowest BCUT2D eigenvalue weighted by Gasteiger charge is -2.18. The minimum absolute atomic E-state index is 0.141. The molecule has 112 valence electrons. The highest BCUT2D eigenvalue weighted by molar-refractivity contribution is 6.30. The molecule has 0 saturated carbocycles. The molecule has 0 saturated heterocycles. The van der Waals surface area contributed by atoms with Crippen LogP contribution in [0.5, 0.6) is 0 Å². The first-order chi connectivity index (χ1) is 10.1. The third kappa shape index (κ3) is 6.01. The smallest absolute Gasteiger partial charge is 0.211 e. The van der Waals surface area contributed by atoms with Gasteiger partial charge in [-0.15, -0.1) is 6.58 Å². The van der Waals surface area contributed by atoms with Gasteiger partial charge in [0.25, 0.3) is 0 Å². The van der Waals surface area contributed by atoms with Crippen molar-refractivity contribution in [1.29, 1.82) is 0 Å². The number of allylic oxidation sites excluding steroid dienone is 4. The van der Waals surface area contributed by atoms with Crippen LogP contribution in [0.4, 0.5) is 0 Å². The minimum Gasteiger partial charge on any atom is -0.335 e. The Labute approximate surface area is 132 Å².